The van der Waals surface area contributed by atoms with Crippen molar-refractivity contribution in [3.8, 4) is 22.8 Å². The van der Waals surface area contributed by atoms with E-state index in [1.807, 2.05) is 60.7 Å². The van der Waals surface area contributed by atoms with Gasteiger partial charge >= 0.3 is 0 Å². The summed E-state index contributed by atoms with van der Waals surface area (Å²) in [5, 5.41) is 12.7. The number of benzene rings is 1. The van der Waals surface area contributed by atoms with Crippen molar-refractivity contribution in [2.24, 2.45) is 14.1 Å². The van der Waals surface area contributed by atoms with Crippen molar-refractivity contribution < 1.29 is 4.52 Å². The first-order chi connectivity index (χ1) is 14.5. The first kappa shape index (κ1) is 19.6. The van der Waals surface area contributed by atoms with Gasteiger partial charge in [0, 0.05) is 44.0 Å². The van der Waals surface area contributed by atoms with Gasteiger partial charge in [-0.2, -0.15) is 4.98 Å². The summed E-state index contributed by atoms with van der Waals surface area (Å²) in [6.45, 7) is 5.15. The third-order valence-corrected chi connectivity index (χ3v) is 4.94. The van der Waals surface area contributed by atoms with Gasteiger partial charge in [0.05, 0.1) is 6.54 Å². The van der Waals surface area contributed by atoms with Crippen LogP contribution in [0, 0.1) is 6.92 Å². The maximum atomic E-state index is 12.0. The molecule has 0 fully saturated rings. The molecule has 1 aromatic carbocycles. The minimum atomic E-state index is -0.0973. The Morgan fingerprint density at radius 1 is 1.10 bits per heavy atom. The maximum Gasteiger partial charge on any atom is 0.257 e. The zero-order valence-electron chi connectivity index (χ0n) is 17.4. The largest absolute Gasteiger partial charge is 0.334 e. The standard InChI is InChI=1S/C21H23N7O2/c1-5-28(13-17-22-20(30-25-17)16-8-6-7-14(2)11-16)21-24-23-19(27(21)4)15-9-10-26(3)18(29)12-15/h6-12H,5,13H2,1-4H3. The predicted octanol–water partition coefficient (Wildman–Crippen LogP) is 2.57. The Morgan fingerprint density at radius 2 is 1.93 bits per heavy atom. The Kier molecular flexibility index (Phi) is 5.18. The Morgan fingerprint density at radius 3 is 2.67 bits per heavy atom. The number of hydrogen-bond donors (Lipinski definition) is 0. The first-order valence-electron chi connectivity index (χ1n) is 9.67. The van der Waals surface area contributed by atoms with E-state index in [4.69, 9.17) is 4.52 Å². The molecule has 30 heavy (non-hydrogen) atoms. The smallest absolute Gasteiger partial charge is 0.257 e. The maximum absolute atomic E-state index is 12.0. The third-order valence-electron chi connectivity index (χ3n) is 4.94. The molecule has 0 spiro atoms. The summed E-state index contributed by atoms with van der Waals surface area (Å²) in [4.78, 5) is 18.5. The van der Waals surface area contributed by atoms with E-state index in [0.717, 1.165) is 16.7 Å². The van der Waals surface area contributed by atoms with Crippen LogP contribution in [-0.4, -0.2) is 36.0 Å². The molecule has 3 aromatic heterocycles. The Balaban J connectivity index is 1.59. The quantitative estimate of drug-likeness (QED) is 0.486. The van der Waals surface area contributed by atoms with Gasteiger partial charge in [0.25, 0.3) is 11.4 Å². The van der Waals surface area contributed by atoms with Gasteiger partial charge in [-0.3, -0.25) is 9.36 Å². The molecule has 9 nitrogen and oxygen atoms in total. The second-order valence-corrected chi connectivity index (χ2v) is 7.15. The number of pyridine rings is 1. The lowest BCUT2D eigenvalue weighted by molar-refractivity contribution is 0.421. The molecule has 9 heteroatoms. The molecular formula is C21H23N7O2. The fourth-order valence-electron chi connectivity index (χ4n) is 3.24. The Hall–Kier alpha value is -3.75. The molecule has 3 heterocycles. The molecule has 0 bridgehead atoms. The molecule has 0 aliphatic rings. The molecule has 0 N–H and O–H groups in total. The van der Waals surface area contributed by atoms with Crippen molar-refractivity contribution in [3.05, 3.63) is 64.3 Å². The van der Waals surface area contributed by atoms with E-state index >= 15 is 0 Å². The topological polar surface area (TPSA) is 94.9 Å². The van der Waals surface area contributed by atoms with Crippen molar-refractivity contribution in [2.75, 3.05) is 11.4 Å². The van der Waals surface area contributed by atoms with Gasteiger partial charge < -0.3 is 14.0 Å². The number of aryl methyl sites for hydroxylation is 2. The second-order valence-electron chi connectivity index (χ2n) is 7.15. The summed E-state index contributed by atoms with van der Waals surface area (Å²) in [5.74, 6) is 2.33. The van der Waals surface area contributed by atoms with Crippen molar-refractivity contribution in [3.63, 3.8) is 0 Å². The van der Waals surface area contributed by atoms with Gasteiger partial charge in [0.15, 0.2) is 11.6 Å². The first-order valence-corrected chi connectivity index (χ1v) is 9.67. The van der Waals surface area contributed by atoms with Crippen molar-refractivity contribution in [1.29, 1.82) is 0 Å². The van der Waals surface area contributed by atoms with E-state index in [-0.39, 0.29) is 5.56 Å². The SMILES string of the molecule is CCN(Cc1noc(-c2cccc(C)c2)n1)c1nnc(-c2ccn(C)c(=O)c2)n1C. The van der Waals surface area contributed by atoms with Crippen LogP contribution in [0.5, 0.6) is 0 Å². The van der Waals surface area contributed by atoms with E-state index in [9.17, 15) is 4.79 Å². The Bertz CT molecular complexity index is 1240. The highest BCUT2D eigenvalue weighted by atomic mass is 16.5. The fourth-order valence-corrected chi connectivity index (χ4v) is 3.24. The van der Waals surface area contributed by atoms with E-state index < -0.39 is 0 Å². The summed E-state index contributed by atoms with van der Waals surface area (Å²) < 4.78 is 8.82. The molecule has 154 valence electrons. The number of hydrogen-bond acceptors (Lipinski definition) is 7. The fraction of sp³-hybridized carbons (Fsp3) is 0.286. The zero-order chi connectivity index (χ0) is 21.3. The molecule has 0 aliphatic carbocycles. The molecule has 0 unspecified atom stereocenters. The van der Waals surface area contributed by atoms with Crippen LogP contribution in [0.25, 0.3) is 22.8 Å². The van der Waals surface area contributed by atoms with Crippen LogP contribution in [0.15, 0.2) is 51.9 Å². The van der Waals surface area contributed by atoms with Crippen LogP contribution < -0.4 is 10.5 Å². The van der Waals surface area contributed by atoms with Crippen molar-refractivity contribution in [1.82, 2.24) is 29.5 Å². The van der Waals surface area contributed by atoms with Gasteiger partial charge in [-0.1, -0.05) is 22.9 Å². The van der Waals surface area contributed by atoms with Gasteiger partial charge in [0.1, 0.15) is 0 Å². The predicted molar refractivity (Wildman–Crippen MR) is 113 cm³/mol. The highest BCUT2D eigenvalue weighted by Crippen LogP contribution is 2.22. The molecular weight excluding hydrogens is 382 g/mol. The van der Waals surface area contributed by atoms with Crippen LogP contribution in [-0.2, 0) is 20.6 Å². The monoisotopic (exact) mass is 405 g/mol. The van der Waals surface area contributed by atoms with Crippen LogP contribution >= 0.6 is 0 Å². The lowest BCUT2D eigenvalue weighted by Gasteiger charge is -2.19. The Labute approximate surface area is 173 Å². The molecule has 4 rings (SSSR count). The van der Waals surface area contributed by atoms with Crippen LogP contribution in [0.4, 0.5) is 5.95 Å². The average molecular weight is 405 g/mol. The average Bonchev–Trinajstić information content (AvgIpc) is 3.35. The van der Waals surface area contributed by atoms with Crippen LogP contribution in [0.2, 0.25) is 0 Å². The van der Waals surface area contributed by atoms with Gasteiger partial charge in [-0.05, 0) is 32.0 Å². The van der Waals surface area contributed by atoms with E-state index in [0.29, 0.717) is 36.6 Å². The van der Waals surface area contributed by atoms with E-state index in [1.165, 1.54) is 4.57 Å². The lowest BCUT2D eigenvalue weighted by atomic mass is 10.1. The number of anilines is 1. The van der Waals surface area contributed by atoms with Crippen molar-refractivity contribution in [2.45, 2.75) is 20.4 Å². The summed E-state index contributed by atoms with van der Waals surface area (Å²) in [7, 11) is 3.59. The van der Waals surface area contributed by atoms with Gasteiger partial charge in [0.2, 0.25) is 5.95 Å². The van der Waals surface area contributed by atoms with Crippen LogP contribution in [0.3, 0.4) is 0 Å². The molecule has 0 atom stereocenters. The van der Waals surface area contributed by atoms with Gasteiger partial charge in [-0.15, -0.1) is 10.2 Å². The molecule has 0 saturated heterocycles. The molecule has 0 saturated carbocycles. The summed E-state index contributed by atoms with van der Waals surface area (Å²) in [5.41, 5.74) is 2.64. The van der Waals surface area contributed by atoms with Gasteiger partial charge in [-0.25, -0.2) is 0 Å². The molecule has 0 amide bonds. The zero-order valence-corrected chi connectivity index (χ0v) is 17.4. The van der Waals surface area contributed by atoms with E-state index in [2.05, 4.69) is 20.3 Å². The second kappa shape index (κ2) is 7.94. The highest BCUT2D eigenvalue weighted by Gasteiger charge is 2.19. The lowest BCUT2D eigenvalue weighted by Crippen LogP contribution is -2.25. The molecule has 0 aliphatic heterocycles. The summed E-state index contributed by atoms with van der Waals surface area (Å²) in [6, 6.07) is 11.3. The number of aromatic nitrogens is 6. The molecule has 4 aromatic rings. The number of nitrogens with zero attached hydrogens (tertiary/aromatic N) is 7. The molecule has 0 radical (unpaired) electrons. The van der Waals surface area contributed by atoms with Crippen molar-refractivity contribution >= 4 is 5.95 Å². The minimum Gasteiger partial charge on any atom is -0.334 e. The highest BCUT2D eigenvalue weighted by molar-refractivity contribution is 5.57. The summed E-state index contributed by atoms with van der Waals surface area (Å²) >= 11 is 0. The normalized spacial score (nSPS) is 11.1. The summed E-state index contributed by atoms with van der Waals surface area (Å²) in [6.07, 6.45) is 1.72. The third kappa shape index (κ3) is 3.73. The van der Waals surface area contributed by atoms with E-state index in [1.54, 1.807) is 19.3 Å². The van der Waals surface area contributed by atoms with Crippen LogP contribution in [0.1, 0.15) is 18.3 Å². The minimum absolute atomic E-state index is 0.0973. The number of rotatable bonds is 6.